The molecule has 4 unspecified atom stereocenters. The zero-order valence-corrected chi connectivity index (χ0v) is 49.9. The van der Waals surface area contributed by atoms with Crippen molar-refractivity contribution in [1.82, 2.24) is 9.55 Å². The highest BCUT2D eigenvalue weighted by molar-refractivity contribution is 7.61. The molecule has 0 bridgehead atoms. The number of nitrogens with two attached hydrogens (primary N) is 1. The maximum Gasteiger partial charge on any atom is 0.481 e. The number of phosphoric acid groups is 2. The van der Waals surface area contributed by atoms with Crippen LogP contribution in [-0.2, 0) is 46.3 Å². The van der Waals surface area contributed by atoms with Crippen molar-refractivity contribution in [1.29, 1.82) is 0 Å². The molecule has 0 aromatic carbocycles. The Morgan fingerprint density at radius 1 is 0.713 bits per heavy atom. The number of rotatable bonds is 48. The summed E-state index contributed by atoms with van der Waals surface area (Å²) < 4.78 is 56.9. The van der Waals surface area contributed by atoms with Gasteiger partial charge < -0.3 is 45.1 Å². The second kappa shape index (κ2) is 44.7. The van der Waals surface area contributed by atoms with Crippen LogP contribution in [0.4, 0.5) is 5.82 Å². The Morgan fingerprint density at radius 3 is 1.86 bits per heavy atom. The summed E-state index contributed by atoms with van der Waals surface area (Å²) in [6.07, 6.45) is 44.3. The van der Waals surface area contributed by atoms with Crippen LogP contribution in [0.5, 0.6) is 0 Å². The molecule has 0 saturated carbocycles. The third-order valence-electron chi connectivity index (χ3n) is 13.4. The first-order valence-electron chi connectivity index (χ1n) is 29.5. The number of unbranched alkanes of at least 4 members (excludes halogenated alkanes) is 17. The number of carbonyl (C=O) groups excluding carboxylic acids is 2. The Hall–Kier alpha value is -3.84. The van der Waals surface area contributed by atoms with Crippen LogP contribution in [0.25, 0.3) is 0 Å². The van der Waals surface area contributed by atoms with Gasteiger partial charge in [0.1, 0.15) is 30.7 Å². The van der Waals surface area contributed by atoms with E-state index in [2.05, 4.69) is 42.2 Å². The normalized spacial score (nSPS) is 19.7. The Kier molecular flexibility index (Phi) is 40.4. The van der Waals surface area contributed by atoms with Gasteiger partial charge in [-0.25, -0.2) is 13.9 Å². The number of allylic oxidation sites excluding steroid dienone is 10. The van der Waals surface area contributed by atoms with Gasteiger partial charge in [0.05, 0.1) is 19.3 Å². The molecule has 80 heavy (non-hydrogen) atoms. The van der Waals surface area contributed by atoms with Crippen LogP contribution in [-0.4, -0.2) is 96.9 Å². The summed E-state index contributed by atoms with van der Waals surface area (Å²) >= 11 is 0. The van der Waals surface area contributed by atoms with E-state index >= 15 is 0 Å². The number of hydrogen-bond donors (Lipinski definition) is 6. The average Bonchev–Trinajstić information content (AvgIpc) is 3.85. The van der Waals surface area contributed by atoms with E-state index in [9.17, 15) is 48.6 Å². The highest BCUT2D eigenvalue weighted by Gasteiger charge is 2.46. The lowest BCUT2D eigenvalue weighted by molar-refractivity contribution is -0.161. The molecule has 456 valence electrons. The molecule has 0 radical (unpaired) electrons. The van der Waals surface area contributed by atoms with Crippen LogP contribution in [0.2, 0.25) is 0 Å². The summed E-state index contributed by atoms with van der Waals surface area (Å²) in [6.45, 7) is 4.30. The minimum Gasteiger partial charge on any atom is -0.462 e. The second-order valence-corrected chi connectivity index (χ2v) is 23.6. The molecule has 1 saturated heterocycles. The minimum absolute atomic E-state index is 0.0230. The number of aromatic nitrogens is 2. The number of nitrogen functional groups attached to an aromatic ring is 1. The Morgan fingerprint density at radius 2 is 1.26 bits per heavy atom. The van der Waals surface area contributed by atoms with Gasteiger partial charge in [-0.1, -0.05) is 216 Å². The lowest BCUT2D eigenvalue weighted by atomic mass is 9.99. The SMILES string of the molecule is CC/C=C\C/C=C\CC(O)/C=C/C=C\C/C=C\C/C=C\CCC(=O)OC[C@H](COP(=O)(O)OP(=O)(O)OC[C@H]1O[C@@H](n2ccc(N)nc2=O)[C@H](O)[C@@H]1O)OC(=O)CCCCCCCCCCCCCCCCCCCCC(C)CC. The number of aliphatic hydroxyl groups is 3. The summed E-state index contributed by atoms with van der Waals surface area (Å²) in [4.78, 5) is 62.2. The predicted octanol–water partition coefficient (Wildman–Crippen LogP) is 12.4. The minimum atomic E-state index is -5.45. The van der Waals surface area contributed by atoms with Crippen LogP contribution < -0.4 is 11.4 Å². The molecule has 2 heterocycles. The van der Waals surface area contributed by atoms with E-state index in [4.69, 9.17) is 29.0 Å². The van der Waals surface area contributed by atoms with Crippen LogP contribution >= 0.6 is 15.6 Å². The molecule has 1 aromatic heterocycles. The standard InChI is InChI=1S/C59H99N3O16P2/c1-4-6-7-8-30-35-40-50(63)41-36-31-26-22-19-20-23-27-32-37-42-54(64)73-46-51(76-55(65)43-38-33-28-24-18-16-14-12-10-9-11-13-15-17-21-25-29-34-39-49(3)5-2)47-74-79(69,70)78-80(71,72)75-48-52-56(66)57(67)58(77-52)62-45-44-53(60)61-59(62)68/h6-7,19-20,26-27,30-32,35-36,41,44-45,49-52,56-58,63,66-67H,4-5,8-18,21-25,28-29,33-34,37-40,42-43,46-48H2,1-3H3,(H,69,70)(H,71,72)(H2,60,61,68)/b7-6-,20-19-,31-26-,32-27-,35-30-,41-36+/t49?,50?,51-,52-,56-,57-,58-/m1/s1. The van der Waals surface area contributed by atoms with Crippen molar-refractivity contribution < 1.29 is 71.4 Å². The van der Waals surface area contributed by atoms with Crippen molar-refractivity contribution in [2.24, 2.45) is 5.92 Å². The van der Waals surface area contributed by atoms with Crippen LogP contribution in [0.3, 0.4) is 0 Å². The summed E-state index contributed by atoms with van der Waals surface area (Å²) in [7, 11) is -10.9. The van der Waals surface area contributed by atoms with Crippen LogP contribution in [0.15, 0.2) is 90.0 Å². The van der Waals surface area contributed by atoms with Crippen LogP contribution in [0.1, 0.15) is 207 Å². The van der Waals surface area contributed by atoms with E-state index in [-0.39, 0.29) is 18.7 Å². The maximum atomic E-state index is 12.9. The Labute approximate surface area is 477 Å². The first kappa shape index (κ1) is 72.3. The van der Waals surface area contributed by atoms with E-state index in [1.807, 2.05) is 54.7 Å². The molecule has 1 aliphatic heterocycles. The highest BCUT2D eigenvalue weighted by atomic mass is 31.3. The van der Waals surface area contributed by atoms with Crippen LogP contribution in [0, 0.1) is 5.92 Å². The molecule has 7 N–H and O–H groups in total. The number of anilines is 1. The number of esters is 2. The molecule has 21 heteroatoms. The number of aliphatic hydroxyl groups excluding tert-OH is 3. The van der Waals surface area contributed by atoms with Gasteiger partial charge in [-0.15, -0.1) is 0 Å². The molecule has 1 aliphatic rings. The van der Waals surface area contributed by atoms with E-state index < -0.39 is 89.8 Å². The van der Waals surface area contributed by atoms with Gasteiger partial charge in [0.15, 0.2) is 12.3 Å². The molecular formula is C59H99N3O16P2. The second-order valence-electron chi connectivity index (χ2n) is 20.6. The first-order chi connectivity index (χ1) is 38.5. The van der Waals surface area contributed by atoms with E-state index in [0.717, 1.165) is 55.2 Å². The molecule has 0 amide bonds. The summed E-state index contributed by atoms with van der Waals surface area (Å²) in [6, 6.07) is 1.24. The number of phosphoric ester groups is 2. The summed E-state index contributed by atoms with van der Waals surface area (Å²) in [5.41, 5.74) is 4.59. The molecule has 2 rings (SSSR count). The van der Waals surface area contributed by atoms with E-state index in [0.29, 0.717) is 32.1 Å². The zero-order chi connectivity index (χ0) is 58.7. The third-order valence-corrected chi connectivity index (χ3v) is 16.0. The molecular weight excluding hydrogens is 1070 g/mol. The topological polar surface area (TPSA) is 286 Å². The fraction of sp³-hybridized carbons (Fsp3) is 0.695. The molecule has 9 atom stereocenters. The maximum absolute atomic E-state index is 12.9. The highest BCUT2D eigenvalue weighted by Crippen LogP contribution is 2.60. The third kappa shape index (κ3) is 36.6. The van der Waals surface area contributed by atoms with Crippen molar-refractivity contribution in [2.75, 3.05) is 25.6 Å². The monoisotopic (exact) mass is 1170 g/mol. The van der Waals surface area contributed by atoms with E-state index in [1.165, 1.54) is 102 Å². The fourth-order valence-corrected chi connectivity index (χ4v) is 10.6. The number of nitrogens with zero attached hydrogens (tertiary/aromatic N) is 2. The molecule has 1 aromatic rings. The van der Waals surface area contributed by atoms with E-state index in [1.54, 1.807) is 6.08 Å². The average molecular weight is 1170 g/mol. The Bertz CT molecular complexity index is 2170. The largest absolute Gasteiger partial charge is 0.481 e. The summed E-state index contributed by atoms with van der Waals surface area (Å²) in [5.74, 6) is -0.562. The summed E-state index contributed by atoms with van der Waals surface area (Å²) in [5, 5.41) is 31.0. The quantitative estimate of drug-likeness (QED) is 0.0116. The lowest BCUT2D eigenvalue weighted by Gasteiger charge is -2.21. The number of hydrogen-bond acceptors (Lipinski definition) is 16. The molecule has 0 spiro atoms. The van der Waals surface area contributed by atoms with Crippen molar-refractivity contribution in [3.63, 3.8) is 0 Å². The smallest absolute Gasteiger partial charge is 0.462 e. The van der Waals surface area contributed by atoms with Crippen molar-refractivity contribution in [2.45, 2.75) is 237 Å². The number of ether oxygens (including phenoxy) is 3. The first-order valence-corrected chi connectivity index (χ1v) is 32.4. The van der Waals surface area contributed by atoms with Gasteiger partial charge >= 0.3 is 33.3 Å². The van der Waals surface area contributed by atoms with Gasteiger partial charge in [-0.05, 0) is 56.9 Å². The van der Waals surface area contributed by atoms with Crippen molar-refractivity contribution in [3.05, 3.63) is 95.7 Å². The Balaban J connectivity index is 1.78. The van der Waals surface area contributed by atoms with Gasteiger partial charge in [0.25, 0.3) is 0 Å². The fourth-order valence-electron chi connectivity index (χ4n) is 8.52. The van der Waals surface area contributed by atoms with Crippen molar-refractivity contribution >= 4 is 33.4 Å². The zero-order valence-electron chi connectivity index (χ0n) is 48.1. The van der Waals surface area contributed by atoms with Gasteiger partial charge in [-0.2, -0.15) is 9.29 Å². The van der Waals surface area contributed by atoms with Gasteiger partial charge in [0, 0.05) is 19.0 Å². The number of carbonyl (C=O) groups is 2. The molecule has 0 aliphatic carbocycles. The van der Waals surface area contributed by atoms with Gasteiger partial charge in [-0.3, -0.25) is 23.2 Å². The predicted molar refractivity (Wildman–Crippen MR) is 313 cm³/mol. The molecule has 19 nitrogen and oxygen atoms in total. The lowest BCUT2D eigenvalue weighted by Crippen LogP contribution is -2.36. The molecule has 1 fully saturated rings. The van der Waals surface area contributed by atoms with Gasteiger partial charge in [0.2, 0.25) is 0 Å². The van der Waals surface area contributed by atoms with Crippen molar-refractivity contribution in [3.8, 4) is 0 Å².